The highest BCUT2D eigenvalue weighted by molar-refractivity contribution is 8.00. The first kappa shape index (κ1) is 18.5. The maximum Gasteiger partial charge on any atom is 0.232 e. The van der Waals surface area contributed by atoms with Crippen LogP contribution in [0.3, 0.4) is 0 Å². The average molecular weight is 369 g/mol. The molecular formula is C20H23N3O2S. The largest absolute Gasteiger partial charge is 0.494 e. The molecule has 1 atom stereocenters. The molecule has 0 spiro atoms. The fourth-order valence-corrected chi connectivity index (χ4v) is 4.08. The number of likely N-dealkylation sites (tertiary alicyclic amines) is 1. The van der Waals surface area contributed by atoms with Crippen LogP contribution in [0.5, 0.6) is 5.75 Å². The number of thioether (sulfide) groups is 1. The van der Waals surface area contributed by atoms with Crippen molar-refractivity contribution in [3.63, 3.8) is 0 Å². The molecule has 0 N–H and O–H groups in total. The van der Waals surface area contributed by atoms with Gasteiger partial charge in [-0.3, -0.25) is 4.79 Å². The zero-order valence-corrected chi connectivity index (χ0v) is 16.0. The molecule has 6 heteroatoms. The highest BCUT2D eigenvalue weighted by Crippen LogP contribution is 2.27. The summed E-state index contributed by atoms with van der Waals surface area (Å²) in [6.07, 6.45) is 2.25. The lowest BCUT2D eigenvalue weighted by Gasteiger charge is -2.30. The van der Waals surface area contributed by atoms with Crippen molar-refractivity contribution in [2.45, 2.75) is 31.7 Å². The van der Waals surface area contributed by atoms with E-state index in [4.69, 9.17) is 4.74 Å². The van der Waals surface area contributed by atoms with Gasteiger partial charge in [0.2, 0.25) is 5.91 Å². The molecule has 1 amide bonds. The summed E-state index contributed by atoms with van der Waals surface area (Å²) in [4.78, 5) is 19.0. The molecule has 1 aromatic heterocycles. The molecule has 1 aliphatic rings. The molecule has 26 heavy (non-hydrogen) atoms. The second-order valence-electron chi connectivity index (χ2n) is 6.62. The van der Waals surface area contributed by atoms with Crippen molar-refractivity contribution in [3.05, 3.63) is 29.8 Å². The van der Waals surface area contributed by atoms with E-state index in [0.29, 0.717) is 28.9 Å². The number of ether oxygens (including phenoxy) is 1. The van der Waals surface area contributed by atoms with E-state index in [1.54, 1.807) is 0 Å². The number of hydrogen-bond acceptors (Lipinski definition) is 5. The Morgan fingerprint density at radius 1 is 1.46 bits per heavy atom. The standard InChI is InChI=1S/C20H23N3O2S/c1-3-25-17-7-6-15-9-16(11-21)20(22-18(15)10-17)26-13-19(24)23-8-4-5-14(2)12-23/h6-7,9-10,14H,3-5,8,12-13H2,1-2H3. The van der Waals surface area contributed by atoms with Crippen LogP contribution in [0, 0.1) is 17.2 Å². The van der Waals surface area contributed by atoms with Crippen molar-refractivity contribution in [2.24, 2.45) is 5.92 Å². The van der Waals surface area contributed by atoms with Gasteiger partial charge in [0.25, 0.3) is 0 Å². The summed E-state index contributed by atoms with van der Waals surface area (Å²) in [5.41, 5.74) is 1.28. The summed E-state index contributed by atoms with van der Waals surface area (Å²) in [7, 11) is 0. The van der Waals surface area contributed by atoms with E-state index < -0.39 is 0 Å². The van der Waals surface area contributed by atoms with E-state index in [-0.39, 0.29) is 5.91 Å². The van der Waals surface area contributed by atoms with Gasteiger partial charge in [-0.2, -0.15) is 5.26 Å². The highest BCUT2D eigenvalue weighted by atomic mass is 32.2. The topological polar surface area (TPSA) is 66.2 Å². The van der Waals surface area contributed by atoms with Crippen LogP contribution >= 0.6 is 11.8 Å². The quantitative estimate of drug-likeness (QED) is 0.749. The smallest absolute Gasteiger partial charge is 0.232 e. The van der Waals surface area contributed by atoms with Crippen LogP contribution in [0.2, 0.25) is 0 Å². The Balaban J connectivity index is 1.77. The summed E-state index contributed by atoms with van der Waals surface area (Å²) >= 11 is 1.34. The van der Waals surface area contributed by atoms with Gasteiger partial charge in [-0.1, -0.05) is 18.7 Å². The second kappa shape index (κ2) is 8.41. The first-order valence-corrected chi connectivity index (χ1v) is 9.97. The van der Waals surface area contributed by atoms with Gasteiger partial charge in [0.1, 0.15) is 16.8 Å². The van der Waals surface area contributed by atoms with Crippen LogP contribution in [0.25, 0.3) is 10.9 Å². The van der Waals surface area contributed by atoms with E-state index in [0.717, 1.165) is 36.2 Å². The summed E-state index contributed by atoms with van der Waals surface area (Å²) < 4.78 is 5.53. The van der Waals surface area contributed by atoms with Crippen LogP contribution in [0.15, 0.2) is 29.3 Å². The van der Waals surface area contributed by atoms with E-state index >= 15 is 0 Å². The highest BCUT2D eigenvalue weighted by Gasteiger charge is 2.21. The predicted molar refractivity (Wildman–Crippen MR) is 103 cm³/mol. The maximum atomic E-state index is 12.5. The molecule has 1 aliphatic heterocycles. The zero-order chi connectivity index (χ0) is 18.5. The number of piperidine rings is 1. The van der Waals surface area contributed by atoms with Crippen molar-refractivity contribution in [3.8, 4) is 11.8 Å². The molecule has 0 aliphatic carbocycles. The third-order valence-corrected chi connectivity index (χ3v) is 5.50. The van der Waals surface area contributed by atoms with E-state index in [9.17, 15) is 10.1 Å². The predicted octanol–water partition coefficient (Wildman–Crippen LogP) is 3.86. The van der Waals surface area contributed by atoms with Crippen LogP contribution in [0.4, 0.5) is 0 Å². The van der Waals surface area contributed by atoms with Gasteiger partial charge in [0.15, 0.2) is 0 Å². The minimum absolute atomic E-state index is 0.121. The van der Waals surface area contributed by atoms with Crippen molar-refractivity contribution in [1.29, 1.82) is 5.26 Å². The fourth-order valence-electron chi connectivity index (χ4n) is 3.21. The van der Waals surface area contributed by atoms with E-state index in [2.05, 4.69) is 18.0 Å². The Hall–Kier alpha value is -2.26. The molecular weight excluding hydrogens is 346 g/mol. The number of pyridine rings is 1. The van der Waals surface area contributed by atoms with Crippen LogP contribution < -0.4 is 4.74 Å². The summed E-state index contributed by atoms with van der Waals surface area (Å²) in [6, 6.07) is 9.68. The van der Waals surface area contributed by atoms with Gasteiger partial charge in [-0.05, 0) is 43.9 Å². The minimum Gasteiger partial charge on any atom is -0.494 e. The Morgan fingerprint density at radius 3 is 3.04 bits per heavy atom. The average Bonchev–Trinajstić information content (AvgIpc) is 2.65. The first-order valence-electron chi connectivity index (χ1n) is 8.99. The van der Waals surface area contributed by atoms with Crippen LogP contribution in [-0.4, -0.2) is 41.2 Å². The number of fused-ring (bicyclic) bond motifs is 1. The lowest BCUT2D eigenvalue weighted by Crippen LogP contribution is -2.40. The van der Waals surface area contributed by atoms with Crippen molar-refractivity contribution < 1.29 is 9.53 Å². The SMILES string of the molecule is CCOc1ccc2cc(C#N)c(SCC(=O)N3CCCC(C)C3)nc2c1. The Morgan fingerprint density at radius 2 is 2.31 bits per heavy atom. The lowest BCUT2D eigenvalue weighted by atomic mass is 10.0. The van der Waals surface area contributed by atoms with Crippen molar-refractivity contribution in [2.75, 3.05) is 25.4 Å². The molecule has 1 aromatic carbocycles. The molecule has 1 fully saturated rings. The van der Waals surface area contributed by atoms with Crippen molar-refractivity contribution >= 4 is 28.6 Å². The minimum atomic E-state index is 0.121. The number of hydrogen-bond donors (Lipinski definition) is 0. The number of amides is 1. The normalized spacial score (nSPS) is 17.1. The van der Waals surface area contributed by atoms with Gasteiger partial charge < -0.3 is 9.64 Å². The van der Waals surface area contributed by atoms with Gasteiger partial charge in [-0.25, -0.2) is 4.98 Å². The van der Waals surface area contributed by atoms with E-state index in [1.807, 2.05) is 36.1 Å². The summed E-state index contributed by atoms with van der Waals surface area (Å²) in [5, 5.41) is 10.9. The number of nitriles is 1. The molecule has 2 heterocycles. The van der Waals surface area contributed by atoms with Crippen LogP contribution in [-0.2, 0) is 4.79 Å². The molecule has 0 bridgehead atoms. The molecule has 0 saturated carbocycles. The second-order valence-corrected chi connectivity index (χ2v) is 7.58. The molecule has 1 saturated heterocycles. The number of carbonyl (C=O) groups is 1. The van der Waals surface area contributed by atoms with Gasteiger partial charge in [0.05, 0.1) is 23.4 Å². The van der Waals surface area contributed by atoms with E-state index in [1.165, 1.54) is 18.2 Å². The van der Waals surface area contributed by atoms with Crippen LogP contribution in [0.1, 0.15) is 32.3 Å². The number of rotatable bonds is 5. The van der Waals surface area contributed by atoms with Gasteiger partial charge >= 0.3 is 0 Å². The third-order valence-electron chi connectivity index (χ3n) is 4.53. The lowest BCUT2D eigenvalue weighted by molar-refractivity contribution is -0.130. The van der Waals surface area contributed by atoms with Gasteiger partial charge in [-0.15, -0.1) is 0 Å². The third kappa shape index (κ3) is 4.28. The number of benzene rings is 1. The Labute approximate surface area is 158 Å². The number of aromatic nitrogens is 1. The first-order chi connectivity index (χ1) is 12.6. The molecule has 2 aromatic rings. The fraction of sp³-hybridized carbons (Fsp3) is 0.450. The molecule has 0 radical (unpaired) electrons. The molecule has 136 valence electrons. The zero-order valence-electron chi connectivity index (χ0n) is 15.2. The van der Waals surface area contributed by atoms with Gasteiger partial charge in [0, 0.05) is 24.5 Å². The number of carbonyl (C=O) groups excluding carboxylic acids is 1. The molecule has 3 rings (SSSR count). The van der Waals surface area contributed by atoms with Crippen molar-refractivity contribution in [1.82, 2.24) is 9.88 Å². The molecule has 5 nitrogen and oxygen atoms in total. The monoisotopic (exact) mass is 369 g/mol. The summed E-state index contributed by atoms with van der Waals surface area (Å²) in [6.45, 7) is 6.36. The Bertz CT molecular complexity index is 847. The molecule has 1 unspecified atom stereocenters. The summed E-state index contributed by atoms with van der Waals surface area (Å²) in [5.74, 6) is 1.75. The number of nitrogens with zero attached hydrogens (tertiary/aromatic N) is 3. The Kier molecular flexibility index (Phi) is 6.00. The maximum absolute atomic E-state index is 12.5.